The Hall–Kier alpha value is -0.790. The molecule has 1 atom stereocenters. The van der Waals surface area contributed by atoms with Gasteiger partial charge in [-0.1, -0.05) is 26.3 Å². The Morgan fingerprint density at radius 1 is 1.53 bits per heavy atom. The van der Waals surface area contributed by atoms with Gasteiger partial charge < -0.3 is 4.74 Å². The summed E-state index contributed by atoms with van der Waals surface area (Å²) in [6.07, 6.45) is 2.38. The van der Waals surface area contributed by atoms with E-state index in [9.17, 15) is 4.79 Å². The monoisotopic (exact) mass is 210 g/mol. The Morgan fingerprint density at radius 3 is 2.67 bits per heavy atom. The number of allylic oxidation sites excluding steroid dienone is 1. The molecule has 0 N–H and O–H groups in total. The van der Waals surface area contributed by atoms with E-state index in [4.69, 9.17) is 4.74 Å². The fraction of sp³-hybridized carbons (Fsp3) is 0.769. The van der Waals surface area contributed by atoms with Gasteiger partial charge in [0.05, 0.1) is 0 Å². The highest BCUT2D eigenvalue weighted by Gasteiger charge is 2.34. The normalized spacial score (nSPS) is 25.3. The van der Waals surface area contributed by atoms with E-state index in [1.807, 2.05) is 0 Å². The molecule has 0 saturated heterocycles. The van der Waals surface area contributed by atoms with Gasteiger partial charge in [-0.3, -0.25) is 4.79 Å². The van der Waals surface area contributed by atoms with Crippen molar-refractivity contribution in [2.45, 2.75) is 47.5 Å². The highest BCUT2D eigenvalue weighted by molar-refractivity contribution is 5.66. The van der Waals surface area contributed by atoms with Crippen LogP contribution in [-0.4, -0.2) is 12.6 Å². The minimum Gasteiger partial charge on any atom is -0.461 e. The van der Waals surface area contributed by atoms with Crippen molar-refractivity contribution in [1.82, 2.24) is 0 Å². The number of carbonyl (C=O) groups excluding carboxylic acids is 1. The molecule has 0 spiro atoms. The first-order valence-electron chi connectivity index (χ1n) is 5.68. The van der Waals surface area contributed by atoms with Gasteiger partial charge >= 0.3 is 5.97 Å². The number of rotatable bonds is 2. The summed E-state index contributed by atoms with van der Waals surface area (Å²) in [5, 5.41) is 0. The van der Waals surface area contributed by atoms with Crippen LogP contribution < -0.4 is 0 Å². The van der Waals surface area contributed by atoms with Crippen LogP contribution in [0.4, 0.5) is 0 Å². The Morgan fingerprint density at radius 2 is 2.13 bits per heavy atom. The van der Waals surface area contributed by atoms with Gasteiger partial charge in [-0.05, 0) is 36.7 Å². The molecule has 0 radical (unpaired) electrons. The second-order valence-electron chi connectivity index (χ2n) is 5.20. The van der Waals surface area contributed by atoms with Crippen molar-refractivity contribution >= 4 is 5.97 Å². The zero-order valence-corrected chi connectivity index (χ0v) is 10.5. The lowest BCUT2D eigenvalue weighted by Gasteiger charge is -2.39. The molecule has 86 valence electrons. The summed E-state index contributed by atoms with van der Waals surface area (Å²) < 4.78 is 5.14. The van der Waals surface area contributed by atoms with Crippen LogP contribution in [0.3, 0.4) is 0 Å². The van der Waals surface area contributed by atoms with E-state index in [0.717, 1.165) is 6.42 Å². The van der Waals surface area contributed by atoms with Crippen LogP contribution >= 0.6 is 0 Å². The van der Waals surface area contributed by atoms with Gasteiger partial charge in [0.15, 0.2) is 0 Å². The third kappa shape index (κ3) is 2.61. The Balaban J connectivity index is 2.85. The number of esters is 1. The fourth-order valence-electron chi connectivity index (χ4n) is 2.28. The van der Waals surface area contributed by atoms with Crippen LogP contribution in [0.5, 0.6) is 0 Å². The lowest BCUT2D eigenvalue weighted by atomic mass is 9.66. The minimum atomic E-state index is -0.190. The molecule has 1 aliphatic rings. The number of ether oxygens (including phenoxy) is 1. The largest absolute Gasteiger partial charge is 0.461 e. The molecular weight excluding hydrogens is 188 g/mol. The van der Waals surface area contributed by atoms with E-state index < -0.39 is 0 Å². The smallest absolute Gasteiger partial charge is 0.302 e. The lowest BCUT2D eigenvalue weighted by Crippen LogP contribution is -2.31. The molecule has 1 unspecified atom stereocenters. The topological polar surface area (TPSA) is 26.3 Å². The van der Waals surface area contributed by atoms with Crippen molar-refractivity contribution in [1.29, 1.82) is 0 Å². The van der Waals surface area contributed by atoms with Gasteiger partial charge in [0.1, 0.15) is 6.61 Å². The molecule has 1 aliphatic carbocycles. The van der Waals surface area contributed by atoms with Gasteiger partial charge in [-0.25, -0.2) is 0 Å². The van der Waals surface area contributed by atoms with Crippen LogP contribution in [0.2, 0.25) is 0 Å². The average molecular weight is 210 g/mol. The molecule has 2 nitrogen and oxygen atoms in total. The molecule has 0 saturated carbocycles. The average Bonchev–Trinajstić information content (AvgIpc) is 2.11. The van der Waals surface area contributed by atoms with Crippen LogP contribution in [-0.2, 0) is 9.53 Å². The first-order valence-corrected chi connectivity index (χ1v) is 5.68. The fourth-order valence-corrected chi connectivity index (χ4v) is 2.28. The number of hydrogen-bond donors (Lipinski definition) is 0. The van der Waals surface area contributed by atoms with E-state index in [1.165, 1.54) is 24.5 Å². The molecule has 0 aromatic heterocycles. The van der Waals surface area contributed by atoms with E-state index >= 15 is 0 Å². The maximum Gasteiger partial charge on any atom is 0.302 e. The summed E-state index contributed by atoms with van der Waals surface area (Å²) in [7, 11) is 0. The third-order valence-corrected chi connectivity index (χ3v) is 3.90. The van der Waals surface area contributed by atoms with Gasteiger partial charge in [0.25, 0.3) is 0 Å². The van der Waals surface area contributed by atoms with E-state index in [0.29, 0.717) is 12.5 Å². The Bertz CT molecular complexity index is 287. The molecule has 0 aromatic carbocycles. The number of carbonyl (C=O) groups is 1. The summed E-state index contributed by atoms with van der Waals surface area (Å²) >= 11 is 0. The SMILES string of the molecule is CC(=O)OCC1=C(C)CCC(C)C1(C)C. The van der Waals surface area contributed by atoms with E-state index in [1.54, 1.807) is 0 Å². The standard InChI is InChI=1S/C13H22O2/c1-9-6-7-10(2)13(4,5)12(9)8-15-11(3)14/h10H,6-8H2,1-5H3. The van der Waals surface area contributed by atoms with Crippen molar-refractivity contribution in [3.63, 3.8) is 0 Å². The van der Waals surface area contributed by atoms with Gasteiger partial charge in [-0.15, -0.1) is 0 Å². The zero-order valence-electron chi connectivity index (χ0n) is 10.5. The molecule has 0 fully saturated rings. The minimum absolute atomic E-state index is 0.164. The summed E-state index contributed by atoms with van der Waals surface area (Å²) in [6, 6.07) is 0. The highest BCUT2D eigenvalue weighted by Crippen LogP contribution is 2.44. The predicted molar refractivity (Wildman–Crippen MR) is 61.5 cm³/mol. The van der Waals surface area contributed by atoms with Gasteiger partial charge in [0.2, 0.25) is 0 Å². The van der Waals surface area contributed by atoms with Crippen molar-refractivity contribution in [2.75, 3.05) is 6.61 Å². The van der Waals surface area contributed by atoms with Gasteiger partial charge in [0, 0.05) is 6.92 Å². The van der Waals surface area contributed by atoms with E-state index in [-0.39, 0.29) is 11.4 Å². The lowest BCUT2D eigenvalue weighted by molar-refractivity contribution is -0.140. The quantitative estimate of drug-likeness (QED) is 0.516. The molecule has 0 amide bonds. The first kappa shape index (κ1) is 12.3. The molecule has 0 heterocycles. The van der Waals surface area contributed by atoms with Crippen LogP contribution in [0.15, 0.2) is 11.1 Å². The van der Waals surface area contributed by atoms with Crippen molar-refractivity contribution in [2.24, 2.45) is 11.3 Å². The predicted octanol–water partition coefficient (Wildman–Crippen LogP) is 3.32. The maximum atomic E-state index is 10.8. The van der Waals surface area contributed by atoms with Crippen molar-refractivity contribution < 1.29 is 9.53 Å². The van der Waals surface area contributed by atoms with E-state index in [2.05, 4.69) is 27.7 Å². The zero-order chi connectivity index (χ0) is 11.6. The highest BCUT2D eigenvalue weighted by atomic mass is 16.5. The molecule has 0 aromatic rings. The maximum absolute atomic E-state index is 10.8. The summed E-state index contributed by atoms with van der Waals surface area (Å²) in [6.45, 7) is 10.9. The van der Waals surface area contributed by atoms with Gasteiger partial charge in [-0.2, -0.15) is 0 Å². The second-order valence-corrected chi connectivity index (χ2v) is 5.20. The van der Waals surface area contributed by atoms with Crippen molar-refractivity contribution in [3.8, 4) is 0 Å². The molecule has 2 heteroatoms. The Labute approximate surface area is 92.7 Å². The van der Waals surface area contributed by atoms with Crippen LogP contribution in [0.25, 0.3) is 0 Å². The van der Waals surface area contributed by atoms with Crippen LogP contribution in [0.1, 0.15) is 47.5 Å². The summed E-state index contributed by atoms with van der Waals surface area (Å²) in [4.78, 5) is 10.8. The number of hydrogen-bond acceptors (Lipinski definition) is 2. The molecule has 15 heavy (non-hydrogen) atoms. The Kier molecular flexibility index (Phi) is 3.58. The van der Waals surface area contributed by atoms with Crippen LogP contribution in [0, 0.1) is 11.3 Å². The molecule has 1 rings (SSSR count). The molecular formula is C13H22O2. The third-order valence-electron chi connectivity index (χ3n) is 3.90. The first-order chi connectivity index (χ1) is 6.85. The second kappa shape index (κ2) is 4.38. The summed E-state index contributed by atoms with van der Waals surface area (Å²) in [5.41, 5.74) is 2.88. The summed E-state index contributed by atoms with van der Waals surface area (Å²) in [5.74, 6) is 0.469. The van der Waals surface area contributed by atoms with Crippen molar-refractivity contribution in [3.05, 3.63) is 11.1 Å². The molecule has 0 bridgehead atoms. The molecule has 0 aliphatic heterocycles.